The molecule has 0 aliphatic rings. The Labute approximate surface area is 129 Å². The van der Waals surface area contributed by atoms with E-state index in [0.717, 1.165) is 24.2 Å². The lowest BCUT2D eigenvalue weighted by Crippen LogP contribution is -2.25. The minimum Gasteiger partial charge on any atom is -0.467 e. The summed E-state index contributed by atoms with van der Waals surface area (Å²) in [6.07, 6.45) is 2.54. The molecule has 5 nitrogen and oxygen atoms in total. The molecule has 0 aliphatic heterocycles. The second-order valence-corrected chi connectivity index (χ2v) is 5.10. The number of nitrogen functional groups attached to an aromatic ring is 1. The number of anilines is 2. The number of aromatic nitrogens is 2. The van der Waals surface area contributed by atoms with E-state index in [9.17, 15) is 0 Å². The predicted molar refractivity (Wildman–Crippen MR) is 85.8 cm³/mol. The Bertz CT molecular complexity index is 606. The molecule has 0 atom stereocenters. The summed E-state index contributed by atoms with van der Waals surface area (Å²) in [6.45, 7) is 3.62. The number of hydrogen-bond acceptors (Lipinski definition) is 5. The van der Waals surface area contributed by atoms with Gasteiger partial charge in [0.15, 0.2) is 5.82 Å². The first-order chi connectivity index (χ1) is 10.1. The number of nitrogens with zero attached hydrogens (tertiary/aromatic N) is 3. The van der Waals surface area contributed by atoms with Crippen LogP contribution in [0, 0.1) is 0 Å². The lowest BCUT2D eigenvalue weighted by Gasteiger charge is -2.24. The van der Waals surface area contributed by atoms with E-state index in [1.165, 1.54) is 7.11 Å². The molecular weight excluding hydrogens is 288 g/mol. The van der Waals surface area contributed by atoms with Crippen LogP contribution in [0.3, 0.4) is 0 Å². The molecule has 6 heteroatoms. The summed E-state index contributed by atoms with van der Waals surface area (Å²) < 4.78 is 5.08. The SMILES string of the molecule is CCCN(Cc1cccc(N)c1)c1nc(OC)ncc1Cl. The van der Waals surface area contributed by atoms with Crippen molar-refractivity contribution < 1.29 is 4.74 Å². The third-order valence-electron chi connectivity index (χ3n) is 3.00. The lowest BCUT2D eigenvalue weighted by molar-refractivity contribution is 0.379. The van der Waals surface area contributed by atoms with Gasteiger partial charge < -0.3 is 15.4 Å². The molecule has 0 bridgehead atoms. The molecule has 0 saturated carbocycles. The highest BCUT2D eigenvalue weighted by atomic mass is 35.5. The highest BCUT2D eigenvalue weighted by molar-refractivity contribution is 6.32. The van der Waals surface area contributed by atoms with Crippen LogP contribution in [-0.4, -0.2) is 23.6 Å². The van der Waals surface area contributed by atoms with Crippen LogP contribution < -0.4 is 15.4 Å². The summed E-state index contributed by atoms with van der Waals surface area (Å²) >= 11 is 6.23. The summed E-state index contributed by atoms with van der Waals surface area (Å²) in [4.78, 5) is 10.5. The predicted octanol–water partition coefficient (Wildman–Crippen LogP) is 3.14. The zero-order chi connectivity index (χ0) is 15.2. The monoisotopic (exact) mass is 306 g/mol. The van der Waals surface area contributed by atoms with Crippen molar-refractivity contribution in [2.24, 2.45) is 0 Å². The maximum Gasteiger partial charge on any atom is 0.318 e. The summed E-state index contributed by atoms with van der Waals surface area (Å²) in [5.74, 6) is 0.674. The first-order valence-corrected chi connectivity index (χ1v) is 7.17. The zero-order valence-electron chi connectivity index (χ0n) is 12.2. The van der Waals surface area contributed by atoms with E-state index in [1.807, 2.05) is 24.3 Å². The first kappa shape index (κ1) is 15.4. The molecular formula is C15H19ClN4O. The molecule has 0 spiro atoms. The van der Waals surface area contributed by atoms with E-state index >= 15 is 0 Å². The van der Waals surface area contributed by atoms with Gasteiger partial charge in [-0.1, -0.05) is 30.7 Å². The fraction of sp³-hybridized carbons (Fsp3) is 0.333. The standard InChI is InChI=1S/C15H19ClN4O/c1-3-7-20(10-11-5-4-6-12(17)8-11)14-13(16)9-18-15(19-14)21-2/h4-6,8-9H,3,7,10,17H2,1-2H3. The molecule has 21 heavy (non-hydrogen) atoms. The van der Waals surface area contributed by atoms with Crippen molar-refractivity contribution in [2.45, 2.75) is 19.9 Å². The molecule has 0 fully saturated rings. The molecule has 2 N–H and O–H groups in total. The van der Waals surface area contributed by atoms with Crippen LogP contribution in [0.15, 0.2) is 30.5 Å². The number of nitrogens with two attached hydrogens (primary N) is 1. The molecule has 1 aromatic carbocycles. The van der Waals surface area contributed by atoms with E-state index in [1.54, 1.807) is 6.20 Å². The van der Waals surface area contributed by atoms with Gasteiger partial charge >= 0.3 is 6.01 Å². The van der Waals surface area contributed by atoms with Crippen LogP contribution in [0.4, 0.5) is 11.5 Å². The molecule has 2 rings (SSSR count). The Morgan fingerprint density at radius 3 is 2.86 bits per heavy atom. The van der Waals surface area contributed by atoms with Crippen LogP contribution in [0.5, 0.6) is 6.01 Å². The van der Waals surface area contributed by atoms with Gasteiger partial charge in [-0.3, -0.25) is 0 Å². The highest BCUT2D eigenvalue weighted by Crippen LogP contribution is 2.26. The van der Waals surface area contributed by atoms with E-state index in [-0.39, 0.29) is 0 Å². The minimum absolute atomic E-state index is 0.308. The van der Waals surface area contributed by atoms with Gasteiger partial charge in [0, 0.05) is 18.8 Å². The Morgan fingerprint density at radius 2 is 2.19 bits per heavy atom. The van der Waals surface area contributed by atoms with Crippen molar-refractivity contribution in [1.29, 1.82) is 0 Å². The van der Waals surface area contributed by atoms with Crippen molar-refractivity contribution in [2.75, 3.05) is 24.3 Å². The van der Waals surface area contributed by atoms with Gasteiger partial charge in [-0.25, -0.2) is 4.98 Å². The molecule has 112 valence electrons. The third kappa shape index (κ3) is 3.98. The van der Waals surface area contributed by atoms with Crippen LogP contribution >= 0.6 is 11.6 Å². The summed E-state index contributed by atoms with van der Waals surface area (Å²) in [5, 5.41) is 0.508. The Balaban J connectivity index is 2.30. The highest BCUT2D eigenvalue weighted by Gasteiger charge is 2.14. The zero-order valence-corrected chi connectivity index (χ0v) is 13.0. The Kier molecular flexibility index (Phi) is 5.22. The van der Waals surface area contributed by atoms with E-state index < -0.39 is 0 Å². The van der Waals surface area contributed by atoms with Crippen molar-refractivity contribution in [3.05, 3.63) is 41.0 Å². The maximum atomic E-state index is 6.23. The fourth-order valence-corrected chi connectivity index (χ4v) is 2.31. The summed E-state index contributed by atoms with van der Waals surface area (Å²) in [6, 6.07) is 8.11. The first-order valence-electron chi connectivity index (χ1n) is 6.80. The average Bonchev–Trinajstić information content (AvgIpc) is 2.47. The molecule has 1 heterocycles. The lowest BCUT2D eigenvalue weighted by atomic mass is 10.2. The van der Waals surface area contributed by atoms with Crippen molar-refractivity contribution in [3.63, 3.8) is 0 Å². The largest absolute Gasteiger partial charge is 0.467 e. The van der Waals surface area contributed by atoms with Crippen molar-refractivity contribution in [1.82, 2.24) is 9.97 Å². The molecule has 0 aliphatic carbocycles. The quantitative estimate of drug-likeness (QED) is 0.831. The fourth-order valence-electron chi connectivity index (χ4n) is 2.10. The molecule has 1 aromatic heterocycles. The van der Waals surface area contributed by atoms with E-state index in [0.29, 0.717) is 23.4 Å². The molecule has 2 aromatic rings. The topological polar surface area (TPSA) is 64.3 Å². The van der Waals surface area contributed by atoms with E-state index in [4.69, 9.17) is 22.1 Å². The maximum absolute atomic E-state index is 6.23. The summed E-state index contributed by atoms with van der Waals surface area (Å²) in [7, 11) is 1.54. The third-order valence-corrected chi connectivity index (χ3v) is 3.27. The van der Waals surface area contributed by atoms with Gasteiger partial charge in [-0.05, 0) is 24.1 Å². The van der Waals surface area contributed by atoms with Gasteiger partial charge in [0.25, 0.3) is 0 Å². The average molecular weight is 307 g/mol. The second kappa shape index (κ2) is 7.13. The van der Waals surface area contributed by atoms with Crippen molar-refractivity contribution in [3.8, 4) is 6.01 Å². The number of hydrogen-bond donors (Lipinski definition) is 1. The van der Waals surface area contributed by atoms with Gasteiger partial charge in [0.1, 0.15) is 5.02 Å². The van der Waals surface area contributed by atoms with Gasteiger partial charge in [0.2, 0.25) is 0 Å². The van der Waals surface area contributed by atoms with Gasteiger partial charge in [-0.15, -0.1) is 0 Å². The molecule has 0 amide bonds. The van der Waals surface area contributed by atoms with Crippen LogP contribution in [0.2, 0.25) is 5.02 Å². The number of ether oxygens (including phenoxy) is 1. The number of methoxy groups -OCH3 is 1. The summed E-state index contributed by atoms with van der Waals surface area (Å²) in [5.41, 5.74) is 7.69. The number of halogens is 1. The normalized spacial score (nSPS) is 10.4. The smallest absolute Gasteiger partial charge is 0.318 e. The number of benzene rings is 1. The van der Waals surface area contributed by atoms with Gasteiger partial charge in [0.05, 0.1) is 13.3 Å². The second-order valence-electron chi connectivity index (χ2n) is 4.69. The molecule has 0 unspecified atom stereocenters. The Hall–Kier alpha value is -2.01. The number of rotatable bonds is 6. The molecule has 0 saturated heterocycles. The van der Waals surface area contributed by atoms with Crippen molar-refractivity contribution >= 4 is 23.1 Å². The minimum atomic E-state index is 0.308. The van der Waals surface area contributed by atoms with E-state index in [2.05, 4.69) is 21.8 Å². The van der Waals surface area contributed by atoms with Crippen LogP contribution in [0.25, 0.3) is 0 Å². The Morgan fingerprint density at radius 1 is 1.38 bits per heavy atom. The molecule has 0 radical (unpaired) electrons. The van der Waals surface area contributed by atoms with Gasteiger partial charge in [-0.2, -0.15) is 4.98 Å². The van der Waals surface area contributed by atoms with Crippen LogP contribution in [0.1, 0.15) is 18.9 Å². The van der Waals surface area contributed by atoms with Crippen LogP contribution in [-0.2, 0) is 6.54 Å².